The van der Waals surface area contributed by atoms with Gasteiger partial charge in [0.25, 0.3) is 0 Å². The number of hydrogen-bond donors (Lipinski definition) is 0. The second kappa shape index (κ2) is 8.95. The molecule has 16 heavy (non-hydrogen) atoms. The molecule has 0 bridgehead atoms. The topological polar surface area (TPSA) is 52.6 Å². The average Bonchev–Trinajstić information content (AvgIpc) is 2.23. The Labute approximate surface area is 96.6 Å². The molecule has 92 valence electrons. The van der Waals surface area contributed by atoms with Gasteiger partial charge < -0.3 is 9.47 Å². The van der Waals surface area contributed by atoms with Crippen LogP contribution in [0.15, 0.2) is 12.7 Å². The quantitative estimate of drug-likeness (QED) is 0.363. The van der Waals surface area contributed by atoms with Gasteiger partial charge in [0.2, 0.25) is 0 Å². The van der Waals surface area contributed by atoms with E-state index in [1.165, 1.54) is 14.0 Å². The summed E-state index contributed by atoms with van der Waals surface area (Å²) in [7, 11) is 1.38. The van der Waals surface area contributed by atoms with Crippen molar-refractivity contribution in [3.63, 3.8) is 0 Å². The predicted molar refractivity (Wildman–Crippen MR) is 60.9 cm³/mol. The van der Waals surface area contributed by atoms with Gasteiger partial charge in [0.05, 0.1) is 7.11 Å². The third-order valence-corrected chi connectivity index (χ3v) is 2.15. The van der Waals surface area contributed by atoms with Crippen molar-refractivity contribution in [2.24, 2.45) is 0 Å². The predicted octanol–water partition coefficient (Wildman–Crippen LogP) is 2.23. The molecule has 0 spiro atoms. The Morgan fingerprint density at radius 3 is 2.56 bits per heavy atom. The molecule has 0 N–H and O–H groups in total. The van der Waals surface area contributed by atoms with Crippen molar-refractivity contribution in [2.75, 3.05) is 7.11 Å². The second-order valence-electron chi connectivity index (χ2n) is 3.58. The maximum atomic E-state index is 10.8. The van der Waals surface area contributed by atoms with Crippen molar-refractivity contribution in [2.45, 2.75) is 45.1 Å². The zero-order valence-corrected chi connectivity index (χ0v) is 10.0. The number of esters is 2. The molecule has 0 rings (SSSR count). The van der Waals surface area contributed by atoms with Crippen LogP contribution in [-0.4, -0.2) is 25.2 Å². The summed E-state index contributed by atoms with van der Waals surface area (Å²) >= 11 is 0. The van der Waals surface area contributed by atoms with Crippen LogP contribution in [0.5, 0.6) is 0 Å². The summed E-state index contributed by atoms with van der Waals surface area (Å²) in [4.78, 5) is 21.6. The molecule has 0 amide bonds. The first-order valence-electron chi connectivity index (χ1n) is 5.45. The summed E-state index contributed by atoms with van der Waals surface area (Å²) in [5, 5.41) is 0. The Balaban J connectivity index is 3.71. The van der Waals surface area contributed by atoms with Crippen LogP contribution >= 0.6 is 0 Å². The smallest absolute Gasteiger partial charge is 0.305 e. The van der Waals surface area contributed by atoms with Gasteiger partial charge in [-0.1, -0.05) is 6.08 Å². The zero-order valence-electron chi connectivity index (χ0n) is 10.0. The molecule has 0 aromatic heterocycles. The largest absolute Gasteiger partial charge is 0.469 e. The fraction of sp³-hybridized carbons (Fsp3) is 0.667. The van der Waals surface area contributed by atoms with Gasteiger partial charge in [0.15, 0.2) is 0 Å². The minimum Gasteiger partial charge on any atom is -0.469 e. The van der Waals surface area contributed by atoms with Gasteiger partial charge in [0, 0.05) is 19.8 Å². The first-order chi connectivity index (χ1) is 7.60. The molecule has 0 heterocycles. The molecule has 0 aromatic carbocycles. The van der Waals surface area contributed by atoms with Crippen LogP contribution in [0.3, 0.4) is 0 Å². The summed E-state index contributed by atoms with van der Waals surface area (Å²) in [6.45, 7) is 5.01. The fourth-order valence-corrected chi connectivity index (χ4v) is 1.39. The number of hydrogen-bond acceptors (Lipinski definition) is 4. The second-order valence-corrected chi connectivity index (χ2v) is 3.58. The highest BCUT2D eigenvalue weighted by atomic mass is 16.5. The molecular formula is C12H20O4. The first kappa shape index (κ1) is 14.7. The van der Waals surface area contributed by atoms with Crippen LogP contribution < -0.4 is 0 Å². The standard InChI is InChI=1S/C12H20O4/c1-4-7-11(16-10(2)13)8-5-6-9-12(14)15-3/h4,11H,1,5-9H2,2-3H3. The fourth-order valence-electron chi connectivity index (χ4n) is 1.39. The van der Waals surface area contributed by atoms with E-state index in [9.17, 15) is 9.59 Å². The van der Waals surface area contributed by atoms with Crippen LogP contribution in [0.1, 0.15) is 39.0 Å². The highest BCUT2D eigenvalue weighted by Gasteiger charge is 2.10. The number of unbranched alkanes of at least 4 members (excludes halogenated alkanes) is 1. The number of methoxy groups -OCH3 is 1. The highest BCUT2D eigenvalue weighted by molar-refractivity contribution is 5.69. The van der Waals surface area contributed by atoms with Crippen molar-refractivity contribution < 1.29 is 19.1 Å². The molecule has 1 atom stereocenters. The Bertz CT molecular complexity index is 235. The molecule has 0 radical (unpaired) electrons. The van der Waals surface area contributed by atoms with Gasteiger partial charge in [-0.05, 0) is 19.3 Å². The van der Waals surface area contributed by atoms with Crippen molar-refractivity contribution in [3.05, 3.63) is 12.7 Å². The van der Waals surface area contributed by atoms with E-state index in [0.717, 1.165) is 19.3 Å². The summed E-state index contributed by atoms with van der Waals surface area (Å²) in [6.07, 6.45) is 5.02. The van der Waals surface area contributed by atoms with Crippen LogP contribution in [-0.2, 0) is 19.1 Å². The van der Waals surface area contributed by atoms with Crippen LogP contribution in [0.25, 0.3) is 0 Å². The summed E-state index contributed by atoms with van der Waals surface area (Å²) in [5.41, 5.74) is 0. The molecule has 4 heteroatoms. The summed E-state index contributed by atoms with van der Waals surface area (Å²) < 4.78 is 9.63. The van der Waals surface area contributed by atoms with E-state index < -0.39 is 0 Å². The van der Waals surface area contributed by atoms with Crippen molar-refractivity contribution in [1.82, 2.24) is 0 Å². The average molecular weight is 228 g/mol. The molecular weight excluding hydrogens is 208 g/mol. The monoisotopic (exact) mass is 228 g/mol. The molecule has 0 aliphatic carbocycles. The molecule has 0 aromatic rings. The lowest BCUT2D eigenvalue weighted by Crippen LogP contribution is -2.15. The third-order valence-electron chi connectivity index (χ3n) is 2.15. The molecule has 0 fully saturated rings. The minimum atomic E-state index is -0.278. The Morgan fingerprint density at radius 2 is 2.06 bits per heavy atom. The van der Waals surface area contributed by atoms with Gasteiger partial charge in [-0.25, -0.2) is 0 Å². The van der Waals surface area contributed by atoms with E-state index >= 15 is 0 Å². The lowest BCUT2D eigenvalue weighted by molar-refractivity contribution is -0.147. The molecule has 0 aliphatic heterocycles. The van der Waals surface area contributed by atoms with E-state index in [1.807, 2.05) is 0 Å². The number of rotatable bonds is 8. The van der Waals surface area contributed by atoms with E-state index in [2.05, 4.69) is 11.3 Å². The molecule has 0 saturated carbocycles. The molecule has 0 aliphatic rings. The maximum Gasteiger partial charge on any atom is 0.305 e. The summed E-state index contributed by atoms with van der Waals surface area (Å²) in [6, 6.07) is 0. The SMILES string of the molecule is C=CCC(CCCCC(=O)OC)OC(C)=O. The number of carbonyl (C=O) groups is 2. The summed E-state index contributed by atoms with van der Waals surface area (Å²) in [5.74, 6) is -0.479. The Kier molecular flexibility index (Phi) is 8.21. The van der Waals surface area contributed by atoms with E-state index in [1.54, 1.807) is 6.08 Å². The first-order valence-corrected chi connectivity index (χ1v) is 5.45. The van der Waals surface area contributed by atoms with E-state index in [0.29, 0.717) is 12.8 Å². The molecule has 0 saturated heterocycles. The van der Waals surface area contributed by atoms with E-state index in [4.69, 9.17) is 4.74 Å². The zero-order chi connectivity index (χ0) is 12.4. The lowest BCUT2D eigenvalue weighted by Gasteiger charge is -2.14. The molecule has 4 nitrogen and oxygen atoms in total. The Morgan fingerprint density at radius 1 is 1.38 bits per heavy atom. The van der Waals surface area contributed by atoms with E-state index in [-0.39, 0.29) is 18.0 Å². The van der Waals surface area contributed by atoms with Gasteiger partial charge >= 0.3 is 11.9 Å². The van der Waals surface area contributed by atoms with Crippen molar-refractivity contribution >= 4 is 11.9 Å². The maximum absolute atomic E-state index is 10.8. The van der Waals surface area contributed by atoms with Gasteiger partial charge in [-0.3, -0.25) is 9.59 Å². The van der Waals surface area contributed by atoms with Gasteiger partial charge in [0.1, 0.15) is 6.10 Å². The van der Waals surface area contributed by atoms with Crippen molar-refractivity contribution in [3.8, 4) is 0 Å². The van der Waals surface area contributed by atoms with Crippen LogP contribution in [0.4, 0.5) is 0 Å². The van der Waals surface area contributed by atoms with Crippen LogP contribution in [0.2, 0.25) is 0 Å². The highest BCUT2D eigenvalue weighted by Crippen LogP contribution is 2.11. The van der Waals surface area contributed by atoms with Gasteiger partial charge in [-0.2, -0.15) is 0 Å². The minimum absolute atomic E-state index is 0.118. The molecule has 1 unspecified atom stereocenters. The third kappa shape index (κ3) is 8.03. The van der Waals surface area contributed by atoms with Gasteiger partial charge in [-0.15, -0.1) is 6.58 Å². The Hall–Kier alpha value is -1.32. The van der Waals surface area contributed by atoms with Crippen LogP contribution in [0, 0.1) is 0 Å². The number of ether oxygens (including phenoxy) is 2. The normalized spacial score (nSPS) is 11.6. The number of carbonyl (C=O) groups excluding carboxylic acids is 2. The lowest BCUT2D eigenvalue weighted by atomic mass is 10.1. The van der Waals surface area contributed by atoms with Crippen molar-refractivity contribution in [1.29, 1.82) is 0 Å².